The van der Waals surface area contributed by atoms with E-state index in [1.54, 1.807) is 54.6 Å². The van der Waals surface area contributed by atoms with Gasteiger partial charge in [-0.3, -0.25) is 0 Å². The van der Waals surface area contributed by atoms with E-state index in [1.807, 2.05) is 31.2 Å². The van der Waals surface area contributed by atoms with Gasteiger partial charge in [0.25, 0.3) is 0 Å². The molecule has 1 aliphatic heterocycles. The third-order valence-corrected chi connectivity index (χ3v) is 5.58. The molecule has 4 rings (SSSR count). The number of hydrogen-bond acceptors (Lipinski definition) is 5. The molecule has 0 aliphatic carbocycles. The summed E-state index contributed by atoms with van der Waals surface area (Å²) in [6.07, 6.45) is 1.61. The van der Waals surface area contributed by atoms with E-state index in [4.69, 9.17) is 9.47 Å². The summed E-state index contributed by atoms with van der Waals surface area (Å²) < 4.78 is 11.8. The van der Waals surface area contributed by atoms with Crippen molar-refractivity contribution in [2.75, 3.05) is 0 Å². The van der Waals surface area contributed by atoms with Gasteiger partial charge in [0.2, 0.25) is 5.90 Å². The number of hydrogen-bond donors (Lipinski definition) is 0. The lowest BCUT2D eigenvalue weighted by atomic mass is 10.1. The van der Waals surface area contributed by atoms with Gasteiger partial charge in [-0.1, -0.05) is 36.4 Å². The lowest BCUT2D eigenvalue weighted by Crippen LogP contribution is -2.08. The van der Waals surface area contributed by atoms with Crippen LogP contribution in [0.15, 0.2) is 83.5 Å². The van der Waals surface area contributed by atoms with Crippen LogP contribution in [0.25, 0.3) is 6.08 Å². The van der Waals surface area contributed by atoms with Gasteiger partial charge in [-0.2, -0.15) is 0 Å². The van der Waals surface area contributed by atoms with Crippen LogP contribution in [0.2, 0.25) is 0 Å². The van der Waals surface area contributed by atoms with Gasteiger partial charge in [-0.25, -0.2) is 14.6 Å². The normalized spacial score (nSPS) is 14.4. The Bertz CT molecular complexity index is 1200. The number of aryl methyl sites for hydroxylation is 1. The predicted octanol–water partition coefficient (Wildman–Crippen LogP) is 5.16. The first-order chi connectivity index (χ1) is 14.5. The number of esters is 2. The number of nitrogens with zero attached hydrogens (tertiary/aromatic N) is 1. The van der Waals surface area contributed by atoms with Gasteiger partial charge in [0, 0.05) is 9.13 Å². The number of rotatable bonds is 4. The Morgan fingerprint density at radius 2 is 1.83 bits per heavy atom. The van der Waals surface area contributed by atoms with Gasteiger partial charge in [-0.05, 0) is 83.1 Å². The minimum Gasteiger partial charge on any atom is -0.423 e. The molecule has 0 saturated heterocycles. The van der Waals surface area contributed by atoms with E-state index in [0.717, 1.165) is 14.7 Å². The molecule has 0 saturated carbocycles. The first kappa shape index (κ1) is 20.0. The number of benzene rings is 3. The second-order valence-electron chi connectivity index (χ2n) is 6.63. The Kier molecular flexibility index (Phi) is 5.76. The summed E-state index contributed by atoms with van der Waals surface area (Å²) >= 11 is 2.23. The quantitative estimate of drug-likeness (QED) is 0.211. The summed E-state index contributed by atoms with van der Waals surface area (Å²) in [6.45, 7) is 2.01. The van der Waals surface area contributed by atoms with Gasteiger partial charge in [0.05, 0.1) is 5.56 Å². The Morgan fingerprint density at radius 1 is 1.03 bits per heavy atom. The van der Waals surface area contributed by atoms with Crippen molar-refractivity contribution in [1.82, 2.24) is 0 Å². The van der Waals surface area contributed by atoms with E-state index in [9.17, 15) is 9.59 Å². The minimum atomic E-state index is -0.521. The summed E-state index contributed by atoms with van der Waals surface area (Å²) in [5.74, 6) is -0.320. The first-order valence-corrected chi connectivity index (χ1v) is 10.2. The molecule has 30 heavy (non-hydrogen) atoms. The Hall–Kier alpha value is -3.26. The number of carbonyl (C=O) groups excluding carboxylic acids is 2. The van der Waals surface area contributed by atoms with Gasteiger partial charge >= 0.3 is 11.9 Å². The largest absolute Gasteiger partial charge is 0.423 e. The molecular formula is C24H16INO4. The van der Waals surface area contributed by atoms with Crippen molar-refractivity contribution in [2.24, 2.45) is 4.99 Å². The van der Waals surface area contributed by atoms with Crippen molar-refractivity contribution in [3.05, 3.63) is 104 Å². The predicted molar refractivity (Wildman–Crippen MR) is 122 cm³/mol. The second-order valence-corrected chi connectivity index (χ2v) is 7.79. The highest BCUT2D eigenvalue weighted by molar-refractivity contribution is 14.1. The van der Waals surface area contributed by atoms with Crippen LogP contribution in [0.5, 0.6) is 5.75 Å². The van der Waals surface area contributed by atoms with Crippen LogP contribution in [0.3, 0.4) is 0 Å². The van der Waals surface area contributed by atoms with Gasteiger partial charge in [-0.15, -0.1) is 0 Å². The van der Waals surface area contributed by atoms with Crippen LogP contribution < -0.4 is 4.74 Å². The summed E-state index contributed by atoms with van der Waals surface area (Å²) in [5, 5.41) is 0. The molecule has 0 N–H and O–H groups in total. The molecular weight excluding hydrogens is 493 g/mol. The number of ether oxygens (including phenoxy) is 2. The fourth-order valence-corrected chi connectivity index (χ4v) is 3.34. The lowest BCUT2D eigenvalue weighted by molar-refractivity contribution is -0.129. The molecule has 0 bridgehead atoms. The molecule has 3 aromatic rings. The number of cyclic esters (lactones) is 1. The van der Waals surface area contributed by atoms with E-state index in [2.05, 4.69) is 27.6 Å². The fourth-order valence-electron chi connectivity index (χ4n) is 2.82. The highest BCUT2D eigenvalue weighted by atomic mass is 127. The molecule has 0 aromatic heterocycles. The smallest absolute Gasteiger partial charge is 0.363 e. The number of aliphatic imine (C=N–C) groups is 1. The monoisotopic (exact) mass is 509 g/mol. The number of halogens is 1. The minimum absolute atomic E-state index is 0.187. The van der Waals surface area contributed by atoms with Crippen molar-refractivity contribution in [3.63, 3.8) is 0 Å². The van der Waals surface area contributed by atoms with Crippen molar-refractivity contribution in [1.29, 1.82) is 0 Å². The van der Waals surface area contributed by atoms with E-state index in [0.29, 0.717) is 16.9 Å². The molecule has 1 aliphatic rings. The van der Waals surface area contributed by atoms with Gasteiger partial charge < -0.3 is 9.47 Å². The Balaban J connectivity index is 1.56. The molecule has 0 radical (unpaired) electrons. The molecule has 0 amide bonds. The maximum atomic E-state index is 12.3. The lowest BCUT2D eigenvalue weighted by Gasteiger charge is -2.05. The molecule has 3 aromatic carbocycles. The molecule has 0 spiro atoms. The highest BCUT2D eigenvalue weighted by Crippen LogP contribution is 2.23. The average Bonchev–Trinajstić information content (AvgIpc) is 3.11. The van der Waals surface area contributed by atoms with Crippen LogP contribution in [-0.2, 0) is 9.53 Å². The zero-order chi connectivity index (χ0) is 21.1. The number of carbonyl (C=O) groups is 2. The van der Waals surface area contributed by atoms with E-state index >= 15 is 0 Å². The third-order valence-electron chi connectivity index (χ3n) is 4.42. The van der Waals surface area contributed by atoms with Crippen molar-refractivity contribution in [3.8, 4) is 5.75 Å². The van der Waals surface area contributed by atoms with E-state index in [1.165, 1.54) is 0 Å². The molecule has 5 nitrogen and oxygen atoms in total. The average molecular weight is 509 g/mol. The standard InChI is InChI=1S/C24H16INO4/c1-15-10-11-18(14-20(15)25)22-26-21(24(28)30-22)13-16-6-5-9-19(12-16)29-23(27)17-7-3-2-4-8-17/h2-14H,1H3. The Labute approximate surface area is 187 Å². The van der Waals surface area contributed by atoms with Crippen LogP contribution >= 0.6 is 22.6 Å². The third kappa shape index (κ3) is 4.49. The topological polar surface area (TPSA) is 65.0 Å². The molecule has 1 heterocycles. The molecule has 0 fully saturated rings. The summed E-state index contributed by atoms with van der Waals surface area (Å²) in [6, 6.07) is 21.4. The highest BCUT2D eigenvalue weighted by Gasteiger charge is 2.24. The molecule has 6 heteroatoms. The molecule has 0 unspecified atom stereocenters. The van der Waals surface area contributed by atoms with Gasteiger partial charge in [0.1, 0.15) is 5.75 Å². The van der Waals surface area contributed by atoms with E-state index < -0.39 is 11.9 Å². The van der Waals surface area contributed by atoms with Crippen LogP contribution in [0.1, 0.15) is 27.0 Å². The van der Waals surface area contributed by atoms with Crippen LogP contribution in [0.4, 0.5) is 0 Å². The van der Waals surface area contributed by atoms with Gasteiger partial charge in [0.15, 0.2) is 5.70 Å². The molecule has 148 valence electrons. The fraction of sp³-hybridized carbons (Fsp3) is 0.0417. The molecule has 0 atom stereocenters. The summed E-state index contributed by atoms with van der Waals surface area (Å²) in [5.41, 5.74) is 3.20. The zero-order valence-corrected chi connectivity index (χ0v) is 18.1. The Morgan fingerprint density at radius 3 is 2.60 bits per heavy atom. The van der Waals surface area contributed by atoms with Crippen molar-refractivity contribution < 1.29 is 19.1 Å². The zero-order valence-electron chi connectivity index (χ0n) is 16.0. The first-order valence-electron chi connectivity index (χ1n) is 9.16. The second kappa shape index (κ2) is 8.62. The summed E-state index contributed by atoms with van der Waals surface area (Å²) in [7, 11) is 0. The SMILES string of the molecule is Cc1ccc(C2=NC(=Cc3cccc(OC(=O)c4ccccc4)c3)C(=O)O2)cc1I. The van der Waals surface area contributed by atoms with Crippen LogP contribution in [-0.4, -0.2) is 17.8 Å². The van der Waals surface area contributed by atoms with Crippen molar-refractivity contribution >= 4 is 46.5 Å². The van der Waals surface area contributed by atoms with Crippen LogP contribution in [0, 0.1) is 10.5 Å². The van der Waals surface area contributed by atoms with Crippen molar-refractivity contribution in [2.45, 2.75) is 6.92 Å². The van der Waals surface area contributed by atoms with E-state index in [-0.39, 0.29) is 11.6 Å². The summed E-state index contributed by atoms with van der Waals surface area (Å²) in [4.78, 5) is 28.8. The maximum Gasteiger partial charge on any atom is 0.363 e. The maximum absolute atomic E-state index is 12.3.